The molecule has 1 heterocycles. The maximum atomic E-state index is 12.1. The number of rotatable bonds is 5. The predicted molar refractivity (Wildman–Crippen MR) is 73.9 cm³/mol. The number of nitrogens with two attached hydrogens (primary N) is 1. The van der Waals surface area contributed by atoms with Gasteiger partial charge in [0.05, 0.1) is 17.3 Å². The Morgan fingerprint density at radius 2 is 2.15 bits per heavy atom. The van der Waals surface area contributed by atoms with Crippen LogP contribution in [-0.2, 0) is 24.9 Å². The summed E-state index contributed by atoms with van der Waals surface area (Å²) in [5.74, 6) is -0.677. The van der Waals surface area contributed by atoms with Crippen LogP contribution in [0.15, 0.2) is 29.2 Å². The Morgan fingerprint density at radius 3 is 2.80 bits per heavy atom. The predicted octanol–water partition coefficient (Wildman–Crippen LogP) is -0.219. The second-order valence-electron chi connectivity index (χ2n) is 4.75. The lowest BCUT2D eigenvalue weighted by atomic mass is 9.85. The molecule has 0 radical (unpaired) electrons. The molecule has 0 saturated carbocycles. The van der Waals surface area contributed by atoms with E-state index < -0.39 is 21.3 Å². The lowest BCUT2D eigenvalue weighted by molar-refractivity contribution is -0.125. The van der Waals surface area contributed by atoms with Gasteiger partial charge in [-0.15, -0.1) is 0 Å². The molecule has 0 spiro atoms. The number of amides is 1. The quantitative estimate of drug-likeness (QED) is 0.732. The third-order valence-electron chi connectivity index (χ3n) is 3.58. The maximum Gasteiger partial charge on any atom is 0.242 e. The van der Waals surface area contributed by atoms with Crippen LogP contribution in [0.1, 0.15) is 12.0 Å². The molecule has 7 heteroatoms. The Hall–Kier alpha value is -1.44. The molecule has 1 aromatic carbocycles. The van der Waals surface area contributed by atoms with E-state index in [2.05, 4.69) is 5.32 Å². The first kappa shape index (κ1) is 15.0. The van der Waals surface area contributed by atoms with Crippen molar-refractivity contribution in [3.05, 3.63) is 29.8 Å². The van der Waals surface area contributed by atoms with Crippen molar-refractivity contribution in [2.75, 3.05) is 26.0 Å². The third-order valence-corrected chi connectivity index (χ3v) is 5.35. The number of methoxy groups -OCH3 is 1. The zero-order valence-electron chi connectivity index (χ0n) is 11.3. The average molecular weight is 298 g/mol. The van der Waals surface area contributed by atoms with Gasteiger partial charge in [0.2, 0.25) is 5.91 Å². The second-order valence-corrected chi connectivity index (χ2v) is 6.83. The summed E-state index contributed by atoms with van der Waals surface area (Å²) in [6.45, 7) is 0.817. The van der Waals surface area contributed by atoms with Crippen LogP contribution in [0.2, 0.25) is 0 Å². The number of hydrogen-bond donors (Lipinski definition) is 2. The van der Waals surface area contributed by atoms with Gasteiger partial charge in [-0.3, -0.25) is 10.1 Å². The summed E-state index contributed by atoms with van der Waals surface area (Å²) in [4.78, 5) is 12.1. The summed E-state index contributed by atoms with van der Waals surface area (Å²) in [6.07, 6.45) is 0.130. The van der Waals surface area contributed by atoms with Gasteiger partial charge in [-0.2, -0.15) is 0 Å². The molecule has 20 heavy (non-hydrogen) atoms. The van der Waals surface area contributed by atoms with Gasteiger partial charge in [0.25, 0.3) is 0 Å². The van der Waals surface area contributed by atoms with Gasteiger partial charge in [-0.25, -0.2) is 8.42 Å². The number of hydrogen-bond acceptors (Lipinski definition) is 5. The van der Waals surface area contributed by atoms with Crippen LogP contribution >= 0.6 is 0 Å². The van der Waals surface area contributed by atoms with Crippen molar-refractivity contribution in [1.29, 1.82) is 0 Å². The first-order valence-corrected chi connectivity index (χ1v) is 7.95. The van der Waals surface area contributed by atoms with Crippen LogP contribution in [0, 0.1) is 0 Å². The Labute approximate surface area is 118 Å². The van der Waals surface area contributed by atoms with Crippen LogP contribution in [0.4, 0.5) is 0 Å². The number of fused-ring (bicyclic) bond motifs is 1. The summed E-state index contributed by atoms with van der Waals surface area (Å²) in [7, 11) is -1.80. The molecular formula is C13H18N2O4S. The Kier molecular flexibility index (Phi) is 4.12. The van der Waals surface area contributed by atoms with Crippen molar-refractivity contribution in [2.45, 2.75) is 16.9 Å². The van der Waals surface area contributed by atoms with E-state index in [4.69, 9.17) is 10.5 Å². The smallest absolute Gasteiger partial charge is 0.242 e. The standard InChI is InChI=1S/C13H18N2O4S/c1-19-8-7-15-13(12(14)16)6-9-20(17,18)11-5-3-2-4-10(11)13/h2-5,15H,6-9H2,1H3,(H2,14,16). The van der Waals surface area contributed by atoms with Crippen molar-refractivity contribution in [3.63, 3.8) is 0 Å². The van der Waals surface area contributed by atoms with Crippen molar-refractivity contribution in [3.8, 4) is 0 Å². The molecule has 1 aliphatic heterocycles. The van der Waals surface area contributed by atoms with Crippen LogP contribution in [0.5, 0.6) is 0 Å². The molecule has 0 bridgehead atoms. The molecule has 110 valence electrons. The largest absolute Gasteiger partial charge is 0.383 e. The van der Waals surface area contributed by atoms with Crippen molar-refractivity contribution < 1.29 is 17.9 Å². The topological polar surface area (TPSA) is 98.5 Å². The van der Waals surface area contributed by atoms with Crippen molar-refractivity contribution >= 4 is 15.7 Å². The van der Waals surface area contributed by atoms with Crippen LogP contribution in [-0.4, -0.2) is 40.3 Å². The zero-order chi connectivity index (χ0) is 14.8. The summed E-state index contributed by atoms with van der Waals surface area (Å²) in [6, 6.07) is 6.49. The Balaban J connectivity index is 2.51. The normalized spacial score (nSPS) is 24.1. The molecule has 0 aromatic heterocycles. The molecule has 0 saturated heterocycles. The van der Waals surface area contributed by atoms with Crippen LogP contribution < -0.4 is 11.1 Å². The minimum absolute atomic E-state index is 0.104. The summed E-state index contributed by atoms with van der Waals surface area (Å²) in [5.41, 5.74) is 4.82. The monoisotopic (exact) mass is 298 g/mol. The molecule has 1 unspecified atom stereocenters. The fourth-order valence-electron chi connectivity index (χ4n) is 2.52. The van der Waals surface area contributed by atoms with E-state index in [0.717, 1.165) is 0 Å². The highest BCUT2D eigenvalue weighted by Crippen LogP contribution is 2.36. The van der Waals surface area contributed by atoms with E-state index in [1.165, 1.54) is 6.07 Å². The number of benzene rings is 1. The fourth-order valence-corrected chi connectivity index (χ4v) is 4.17. The van der Waals surface area contributed by atoms with Crippen LogP contribution in [0.3, 0.4) is 0 Å². The minimum Gasteiger partial charge on any atom is -0.383 e. The summed E-state index contributed by atoms with van der Waals surface area (Å²) >= 11 is 0. The highest BCUT2D eigenvalue weighted by Gasteiger charge is 2.45. The highest BCUT2D eigenvalue weighted by atomic mass is 32.2. The van der Waals surface area contributed by atoms with E-state index in [1.807, 2.05) is 0 Å². The van der Waals surface area contributed by atoms with Gasteiger partial charge in [0.15, 0.2) is 9.84 Å². The van der Waals surface area contributed by atoms with Gasteiger partial charge >= 0.3 is 0 Å². The molecule has 1 atom stereocenters. The molecule has 3 N–H and O–H groups in total. The lowest BCUT2D eigenvalue weighted by Gasteiger charge is -2.37. The SMILES string of the molecule is COCCNC1(C(N)=O)CCS(=O)(=O)c2ccccc21. The van der Waals surface area contributed by atoms with E-state index >= 15 is 0 Å². The molecular weight excluding hydrogens is 280 g/mol. The van der Waals surface area contributed by atoms with E-state index in [1.54, 1.807) is 25.3 Å². The third kappa shape index (κ3) is 2.44. The average Bonchev–Trinajstić information content (AvgIpc) is 2.42. The Morgan fingerprint density at radius 1 is 1.45 bits per heavy atom. The number of primary amides is 1. The number of carbonyl (C=O) groups is 1. The lowest BCUT2D eigenvalue weighted by Crippen LogP contribution is -2.56. The number of carbonyl (C=O) groups excluding carboxylic acids is 1. The minimum atomic E-state index is -3.36. The van der Waals surface area contributed by atoms with E-state index in [0.29, 0.717) is 18.7 Å². The summed E-state index contributed by atoms with van der Waals surface area (Å²) in [5, 5.41) is 3.07. The highest BCUT2D eigenvalue weighted by molar-refractivity contribution is 7.91. The maximum absolute atomic E-state index is 12.1. The van der Waals surface area contributed by atoms with Gasteiger partial charge in [0, 0.05) is 19.2 Å². The Bertz CT molecular complexity index is 615. The number of sulfone groups is 1. The first-order valence-electron chi connectivity index (χ1n) is 6.30. The molecule has 1 amide bonds. The first-order chi connectivity index (χ1) is 9.44. The van der Waals surface area contributed by atoms with Gasteiger partial charge < -0.3 is 10.5 Å². The van der Waals surface area contributed by atoms with Crippen molar-refractivity contribution in [2.24, 2.45) is 5.73 Å². The molecule has 2 rings (SSSR count). The number of ether oxygens (including phenoxy) is 1. The molecule has 1 aliphatic rings. The van der Waals surface area contributed by atoms with Gasteiger partial charge in [-0.1, -0.05) is 18.2 Å². The van der Waals surface area contributed by atoms with Gasteiger partial charge in [-0.05, 0) is 12.5 Å². The van der Waals surface area contributed by atoms with Crippen LogP contribution in [0.25, 0.3) is 0 Å². The molecule has 0 fully saturated rings. The van der Waals surface area contributed by atoms with E-state index in [9.17, 15) is 13.2 Å². The summed E-state index contributed by atoms with van der Waals surface area (Å²) < 4.78 is 29.2. The molecule has 1 aromatic rings. The van der Waals surface area contributed by atoms with Gasteiger partial charge in [0.1, 0.15) is 5.54 Å². The zero-order valence-corrected chi connectivity index (χ0v) is 12.1. The van der Waals surface area contributed by atoms with Crippen molar-refractivity contribution in [1.82, 2.24) is 5.32 Å². The number of nitrogens with one attached hydrogen (secondary N) is 1. The van der Waals surface area contributed by atoms with E-state index in [-0.39, 0.29) is 17.1 Å². The molecule has 6 nitrogen and oxygen atoms in total. The molecule has 0 aliphatic carbocycles. The second kappa shape index (κ2) is 5.51. The fraction of sp³-hybridized carbons (Fsp3) is 0.462.